The van der Waals surface area contributed by atoms with Crippen molar-refractivity contribution in [3.05, 3.63) is 47.5 Å². The van der Waals surface area contributed by atoms with Gasteiger partial charge in [0, 0.05) is 5.02 Å². The second-order valence-electron chi connectivity index (χ2n) is 7.53. The fraction of sp³-hybridized carbons (Fsp3) is 0.500. The van der Waals surface area contributed by atoms with Crippen LogP contribution < -0.4 is 0 Å². The van der Waals surface area contributed by atoms with Gasteiger partial charge in [-0.25, -0.2) is 0 Å². The van der Waals surface area contributed by atoms with Gasteiger partial charge in [0.1, 0.15) is 28.1 Å². The van der Waals surface area contributed by atoms with E-state index in [4.69, 9.17) is 16.3 Å². The molecule has 2 atom stereocenters. The molecule has 0 amide bonds. The predicted octanol–water partition coefficient (Wildman–Crippen LogP) is 4.69. The monoisotopic (exact) mass is 395 g/mol. The van der Waals surface area contributed by atoms with E-state index in [1.807, 2.05) is 39.0 Å². The maximum absolute atomic E-state index is 13.0. The van der Waals surface area contributed by atoms with Crippen LogP contribution >= 0.6 is 11.6 Å². The summed E-state index contributed by atoms with van der Waals surface area (Å²) in [6, 6.07) is 7.44. The lowest BCUT2D eigenvalue weighted by atomic mass is 9.78. The first-order valence-electron chi connectivity index (χ1n) is 8.71. The van der Waals surface area contributed by atoms with Gasteiger partial charge >= 0.3 is 5.97 Å². The maximum Gasteiger partial charge on any atom is 0.318 e. The van der Waals surface area contributed by atoms with Crippen molar-refractivity contribution in [2.24, 2.45) is 9.81 Å². The van der Waals surface area contributed by atoms with Crippen LogP contribution in [-0.2, 0) is 27.3 Å². The van der Waals surface area contributed by atoms with E-state index in [0.717, 1.165) is 12.0 Å². The molecule has 0 bridgehead atoms. The van der Waals surface area contributed by atoms with E-state index in [1.165, 1.54) is 0 Å². The van der Waals surface area contributed by atoms with Gasteiger partial charge in [0.05, 0.1) is 5.71 Å². The van der Waals surface area contributed by atoms with Gasteiger partial charge < -0.3 is 9.29 Å². The zero-order chi connectivity index (χ0) is 19.4. The highest BCUT2D eigenvalue weighted by atomic mass is 35.5. The van der Waals surface area contributed by atoms with Gasteiger partial charge in [-0.1, -0.05) is 40.8 Å². The van der Waals surface area contributed by atoms with Crippen molar-refractivity contribution < 1.29 is 14.1 Å². The SMILES string of the molecule is C=CCOC(=O)[C@]1(Cc2cccc(Cl)c2)CCC/C1=N\[S+]([O-])C(C)(C)C. The molecule has 1 aromatic rings. The molecule has 1 fully saturated rings. The number of hydrogen-bond donors (Lipinski definition) is 0. The minimum absolute atomic E-state index is 0.145. The number of esters is 1. The summed E-state index contributed by atoms with van der Waals surface area (Å²) in [5.41, 5.74) is 0.707. The van der Waals surface area contributed by atoms with Crippen LogP contribution in [0.2, 0.25) is 5.02 Å². The van der Waals surface area contributed by atoms with Gasteiger partial charge in [-0.15, -0.1) is 0 Å². The second-order valence-corrected chi connectivity index (χ2v) is 9.87. The number of rotatable bonds is 6. The summed E-state index contributed by atoms with van der Waals surface area (Å²) in [6.45, 7) is 9.36. The number of carbonyl (C=O) groups is 1. The Morgan fingerprint density at radius 3 is 2.85 bits per heavy atom. The second kappa shape index (κ2) is 8.59. The summed E-state index contributed by atoms with van der Waals surface area (Å²) in [5, 5.41) is 0.617. The van der Waals surface area contributed by atoms with E-state index in [1.54, 1.807) is 12.1 Å². The Labute approximate surface area is 164 Å². The van der Waals surface area contributed by atoms with E-state index < -0.39 is 21.5 Å². The lowest BCUT2D eigenvalue weighted by Crippen LogP contribution is -2.40. The summed E-state index contributed by atoms with van der Waals surface area (Å²) >= 11 is 4.69. The molecule has 0 aromatic heterocycles. The Morgan fingerprint density at radius 2 is 2.23 bits per heavy atom. The van der Waals surface area contributed by atoms with Crippen LogP contribution in [0, 0.1) is 5.41 Å². The zero-order valence-electron chi connectivity index (χ0n) is 15.6. The van der Waals surface area contributed by atoms with Crippen LogP contribution in [0.15, 0.2) is 41.3 Å². The molecule has 1 unspecified atom stereocenters. The van der Waals surface area contributed by atoms with Crippen molar-refractivity contribution in [3.63, 3.8) is 0 Å². The lowest BCUT2D eigenvalue weighted by molar-refractivity contribution is -0.150. The quantitative estimate of drug-likeness (QED) is 0.399. The Hall–Kier alpha value is -1.30. The Bertz CT molecular complexity index is 699. The summed E-state index contributed by atoms with van der Waals surface area (Å²) in [7, 11) is 0. The third-order valence-electron chi connectivity index (χ3n) is 4.40. The molecule has 1 aromatic carbocycles. The molecule has 6 heteroatoms. The van der Waals surface area contributed by atoms with Gasteiger partial charge in [-0.2, -0.15) is 0 Å². The van der Waals surface area contributed by atoms with E-state index in [-0.39, 0.29) is 12.6 Å². The highest BCUT2D eigenvalue weighted by molar-refractivity contribution is 7.91. The molecule has 142 valence electrons. The number of hydrogen-bond acceptors (Lipinski definition) is 4. The first-order chi connectivity index (χ1) is 12.2. The summed E-state index contributed by atoms with van der Waals surface area (Å²) in [5.74, 6) is -0.334. The Balaban J connectivity index is 2.43. The van der Waals surface area contributed by atoms with Crippen molar-refractivity contribution in [3.8, 4) is 0 Å². The van der Waals surface area contributed by atoms with Gasteiger partial charge in [-0.05, 0) is 64.2 Å². The van der Waals surface area contributed by atoms with E-state index in [2.05, 4.69) is 11.0 Å². The van der Waals surface area contributed by atoms with Crippen LogP contribution in [-0.4, -0.2) is 27.6 Å². The summed E-state index contributed by atoms with van der Waals surface area (Å²) in [6.07, 6.45) is 4.05. The average molecular weight is 396 g/mol. The predicted molar refractivity (Wildman–Crippen MR) is 108 cm³/mol. The van der Waals surface area contributed by atoms with Crippen LogP contribution in [0.1, 0.15) is 45.6 Å². The van der Waals surface area contributed by atoms with E-state index in [9.17, 15) is 9.35 Å². The smallest absolute Gasteiger partial charge is 0.318 e. The largest absolute Gasteiger partial charge is 0.591 e. The molecule has 0 heterocycles. The standard InChI is InChI=1S/C20H26ClNO3S/c1-5-12-25-18(23)20(14-15-8-6-9-16(21)13-15)11-7-10-17(20)22-26(24)19(2,3)4/h5-6,8-9,13H,1,7,10-12,14H2,2-4H3/b22-17+/t20-,26?/m0/s1. The van der Waals surface area contributed by atoms with Crippen LogP contribution in [0.4, 0.5) is 0 Å². The lowest BCUT2D eigenvalue weighted by Gasteiger charge is -2.28. The summed E-state index contributed by atoms with van der Waals surface area (Å²) in [4.78, 5) is 13.0. The number of carbonyl (C=O) groups excluding carboxylic acids is 1. The van der Waals surface area contributed by atoms with Gasteiger partial charge in [0.25, 0.3) is 0 Å². The van der Waals surface area contributed by atoms with Gasteiger partial charge in [0.15, 0.2) is 0 Å². The molecule has 0 aliphatic heterocycles. The Kier molecular flexibility index (Phi) is 6.94. The number of halogens is 1. The molecule has 1 saturated carbocycles. The fourth-order valence-electron chi connectivity index (χ4n) is 3.06. The molecule has 1 aliphatic carbocycles. The van der Waals surface area contributed by atoms with Crippen molar-refractivity contribution in [2.45, 2.75) is 51.2 Å². The number of nitrogens with zero attached hydrogens (tertiary/aromatic N) is 1. The third-order valence-corrected chi connectivity index (χ3v) is 6.07. The molecule has 26 heavy (non-hydrogen) atoms. The van der Waals surface area contributed by atoms with Crippen molar-refractivity contribution in [1.82, 2.24) is 0 Å². The molecular weight excluding hydrogens is 370 g/mol. The van der Waals surface area contributed by atoms with E-state index >= 15 is 0 Å². The summed E-state index contributed by atoms with van der Waals surface area (Å²) < 4.78 is 22.0. The van der Waals surface area contributed by atoms with Crippen molar-refractivity contribution >= 4 is 34.6 Å². The minimum Gasteiger partial charge on any atom is -0.591 e. The van der Waals surface area contributed by atoms with Crippen molar-refractivity contribution in [1.29, 1.82) is 0 Å². The maximum atomic E-state index is 13.0. The Morgan fingerprint density at radius 1 is 1.50 bits per heavy atom. The molecule has 1 aliphatic rings. The molecule has 2 rings (SSSR count). The van der Waals surface area contributed by atoms with Crippen LogP contribution in [0.25, 0.3) is 0 Å². The van der Waals surface area contributed by atoms with Crippen molar-refractivity contribution in [2.75, 3.05) is 6.61 Å². The minimum atomic E-state index is -1.42. The molecular formula is C20H26ClNO3S. The average Bonchev–Trinajstić information content (AvgIpc) is 2.95. The molecule has 0 spiro atoms. The third kappa shape index (κ3) is 4.90. The topological polar surface area (TPSA) is 61.7 Å². The van der Waals surface area contributed by atoms with E-state index in [0.29, 0.717) is 30.0 Å². The molecule has 0 N–H and O–H groups in total. The van der Waals surface area contributed by atoms with Gasteiger partial charge in [0.2, 0.25) is 0 Å². The fourth-order valence-corrected chi connectivity index (χ4v) is 4.01. The number of ether oxygens (including phenoxy) is 1. The van der Waals surface area contributed by atoms with Crippen LogP contribution in [0.5, 0.6) is 0 Å². The first-order valence-corrected chi connectivity index (χ1v) is 10.2. The normalized spacial score (nSPS) is 23.0. The number of benzene rings is 1. The van der Waals surface area contributed by atoms with Crippen LogP contribution in [0.3, 0.4) is 0 Å². The molecule has 0 saturated heterocycles. The van der Waals surface area contributed by atoms with Gasteiger partial charge in [-0.3, -0.25) is 4.79 Å². The molecule has 4 nitrogen and oxygen atoms in total. The highest BCUT2D eigenvalue weighted by Crippen LogP contribution is 2.41. The highest BCUT2D eigenvalue weighted by Gasteiger charge is 2.50. The first kappa shape index (κ1) is 21.0. The molecule has 0 radical (unpaired) electrons. The zero-order valence-corrected chi connectivity index (χ0v) is 17.2.